The van der Waals surface area contributed by atoms with Gasteiger partial charge < -0.3 is 20.7 Å². The number of anilines is 1. The fourth-order valence-electron chi connectivity index (χ4n) is 2.81. The van der Waals surface area contributed by atoms with E-state index in [9.17, 15) is 24.5 Å². The van der Waals surface area contributed by atoms with Gasteiger partial charge in [-0.1, -0.05) is 0 Å². The predicted octanol–water partition coefficient (Wildman–Crippen LogP) is -2.17. The van der Waals surface area contributed by atoms with Gasteiger partial charge in [0, 0.05) is 12.4 Å². The second-order valence-electron chi connectivity index (χ2n) is 6.24. The highest BCUT2D eigenvalue weighted by atomic mass is 31.2. The number of nitrogens with two attached hydrogens (primary N) is 1. The monoisotopic (exact) mass is 441 g/mol. The molecule has 0 spiro atoms. The van der Waals surface area contributed by atoms with Crippen molar-refractivity contribution in [1.29, 1.82) is 0 Å². The number of phosphoric acid groups is 1. The van der Waals surface area contributed by atoms with Gasteiger partial charge in [-0.2, -0.15) is 4.98 Å². The summed E-state index contributed by atoms with van der Waals surface area (Å²) in [5.41, 5.74) is 5.01. The Morgan fingerprint density at radius 3 is 2.87 bits per heavy atom. The van der Waals surface area contributed by atoms with Crippen LogP contribution in [0.5, 0.6) is 0 Å². The van der Waals surface area contributed by atoms with Crippen LogP contribution in [-0.2, 0) is 13.8 Å². The first kappa shape index (κ1) is 20.3. The standard InChI is InChI=1S/C14H16N7O8P/c15-9-3-5-20(14(24)17-9)13-11(23)10(22)8(28-13)6-27-30(25,26)29-21-12-7(18-19-21)2-1-4-16-12/h1-5,8,10-11,13,22-23H,6H2,(H,25,26)(H2,15,17,24)/t8-,10-,11-,13-/m1/s1. The number of phosphoric ester groups is 1. The van der Waals surface area contributed by atoms with E-state index in [-0.39, 0.29) is 11.5 Å². The summed E-state index contributed by atoms with van der Waals surface area (Å²) in [6, 6.07) is 4.47. The van der Waals surface area contributed by atoms with Crippen LogP contribution in [0.15, 0.2) is 35.4 Å². The molecule has 30 heavy (non-hydrogen) atoms. The van der Waals surface area contributed by atoms with Crippen LogP contribution in [0.1, 0.15) is 6.23 Å². The van der Waals surface area contributed by atoms with E-state index in [1.165, 1.54) is 18.5 Å². The van der Waals surface area contributed by atoms with Crippen LogP contribution in [0, 0.1) is 0 Å². The van der Waals surface area contributed by atoms with Gasteiger partial charge in [-0.05, 0) is 28.3 Å². The molecule has 0 saturated carbocycles. The van der Waals surface area contributed by atoms with E-state index in [1.807, 2.05) is 0 Å². The minimum atomic E-state index is -4.74. The van der Waals surface area contributed by atoms with Crippen molar-refractivity contribution in [3.05, 3.63) is 41.1 Å². The molecule has 1 unspecified atom stereocenters. The third kappa shape index (κ3) is 3.89. The Bertz CT molecular complexity index is 1170. The van der Waals surface area contributed by atoms with Crippen LogP contribution in [-0.4, -0.2) is 69.7 Å². The van der Waals surface area contributed by atoms with Gasteiger partial charge in [0.1, 0.15) is 29.6 Å². The molecule has 3 aromatic heterocycles. The Hall–Kier alpha value is -2.94. The molecule has 1 aliphatic rings. The number of nitrogen functional groups attached to an aromatic ring is 1. The van der Waals surface area contributed by atoms with Crippen molar-refractivity contribution in [2.45, 2.75) is 24.5 Å². The van der Waals surface area contributed by atoms with Crippen molar-refractivity contribution in [3.63, 3.8) is 0 Å². The zero-order chi connectivity index (χ0) is 21.5. The number of nitrogens with zero attached hydrogens (tertiary/aromatic N) is 6. The van der Waals surface area contributed by atoms with Crippen molar-refractivity contribution in [3.8, 4) is 0 Å². The number of aromatic nitrogens is 6. The molecule has 0 bridgehead atoms. The van der Waals surface area contributed by atoms with Gasteiger partial charge in [-0.3, -0.25) is 18.6 Å². The third-order valence-electron chi connectivity index (χ3n) is 4.23. The second-order valence-corrected chi connectivity index (χ2v) is 7.60. The van der Waals surface area contributed by atoms with E-state index in [0.29, 0.717) is 10.4 Å². The third-order valence-corrected chi connectivity index (χ3v) is 5.06. The zero-order valence-corrected chi connectivity index (χ0v) is 15.9. The Balaban J connectivity index is 1.43. The molecule has 4 heterocycles. The van der Waals surface area contributed by atoms with Crippen molar-refractivity contribution in [2.75, 3.05) is 12.3 Å². The number of pyridine rings is 1. The maximum Gasteiger partial charge on any atom is 0.548 e. The largest absolute Gasteiger partial charge is 0.548 e. The van der Waals surface area contributed by atoms with Crippen molar-refractivity contribution in [2.24, 2.45) is 0 Å². The Kier molecular flexibility index (Phi) is 5.23. The zero-order valence-electron chi connectivity index (χ0n) is 15.0. The summed E-state index contributed by atoms with van der Waals surface area (Å²) in [7, 11) is -4.74. The molecule has 16 heteroatoms. The molecule has 5 N–H and O–H groups in total. The highest BCUT2D eigenvalue weighted by molar-refractivity contribution is 7.47. The topological polar surface area (TPSA) is 210 Å². The minimum absolute atomic E-state index is 0.0299. The fraction of sp³-hybridized carbons (Fsp3) is 0.357. The van der Waals surface area contributed by atoms with Gasteiger partial charge in [-0.15, -0.1) is 5.10 Å². The molecule has 160 valence electrons. The lowest BCUT2D eigenvalue weighted by atomic mass is 10.1. The van der Waals surface area contributed by atoms with E-state index in [1.54, 1.807) is 12.1 Å². The van der Waals surface area contributed by atoms with Gasteiger partial charge in [0.05, 0.1) is 6.61 Å². The highest BCUT2D eigenvalue weighted by Gasteiger charge is 2.45. The van der Waals surface area contributed by atoms with Crippen molar-refractivity contribution < 1.29 is 33.6 Å². The Labute approximate surface area is 166 Å². The average molecular weight is 441 g/mol. The first-order chi connectivity index (χ1) is 14.2. The van der Waals surface area contributed by atoms with Gasteiger partial charge in [0.2, 0.25) is 5.65 Å². The van der Waals surface area contributed by atoms with E-state index in [0.717, 1.165) is 4.57 Å². The maximum atomic E-state index is 12.2. The minimum Gasteiger partial charge on any atom is -0.387 e. The number of aliphatic hydroxyl groups is 2. The molecule has 1 aliphatic heterocycles. The van der Waals surface area contributed by atoms with Gasteiger partial charge >= 0.3 is 13.5 Å². The highest BCUT2D eigenvalue weighted by Crippen LogP contribution is 2.41. The molecule has 3 aromatic rings. The molecule has 1 saturated heterocycles. The number of hydrogen-bond acceptors (Lipinski definition) is 12. The number of ether oxygens (including phenoxy) is 1. The molecule has 1 fully saturated rings. The van der Waals surface area contributed by atoms with E-state index < -0.39 is 44.7 Å². The average Bonchev–Trinajstić information content (AvgIpc) is 3.22. The lowest BCUT2D eigenvalue weighted by Crippen LogP contribution is -2.36. The second kappa shape index (κ2) is 7.71. The summed E-state index contributed by atoms with van der Waals surface area (Å²) >= 11 is 0. The van der Waals surface area contributed by atoms with E-state index in [4.69, 9.17) is 19.6 Å². The summed E-state index contributed by atoms with van der Waals surface area (Å²) in [5, 5.41) is 27.6. The summed E-state index contributed by atoms with van der Waals surface area (Å²) in [6.45, 7) is -0.653. The molecule has 5 atom stereocenters. The molecular weight excluding hydrogens is 425 g/mol. The van der Waals surface area contributed by atoms with Crippen LogP contribution in [0.3, 0.4) is 0 Å². The van der Waals surface area contributed by atoms with Crippen LogP contribution < -0.4 is 16.0 Å². The predicted molar refractivity (Wildman–Crippen MR) is 96.5 cm³/mol. The summed E-state index contributed by atoms with van der Waals surface area (Å²) in [4.78, 5) is 29.9. The lowest BCUT2D eigenvalue weighted by molar-refractivity contribution is -0.0555. The quantitative estimate of drug-likeness (QED) is 0.300. The fourth-order valence-corrected chi connectivity index (χ4v) is 3.49. The molecule has 0 radical (unpaired) electrons. The Morgan fingerprint density at radius 1 is 1.30 bits per heavy atom. The smallest absolute Gasteiger partial charge is 0.387 e. The number of rotatable bonds is 6. The number of hydrogen-bond donors (Lipinski definition) is 4. The number of aliphatic hydroxyl groups excluding tert-OH is 2. The van der Waals surface area contributed by atoms with Gasteiger partial charge in [0.15, 0.2) is 6.23 Å². The SMILES string of the molecule is Nc1ccn([C@@H]2O[C@H](COP(=O)(O)On3nnc4cccnc43)[C@@H](O)[C@H]2O)c(=O)n1. The van der Waals surface area contributed by atoms with Crippen LogP contribution in [0.25, 0.3) is 11.2 Å². The maximum absolute atomic E-state index is 12.2. The summed E-state index contributed by atoms with van der Waals surface area (Å²) in [5.74, 6) is -0.0299. The van der Waals surface area contributed by atoms with E-state index >= 15 is 0 Å². The summed E-state index contributed by atoms with van der Waals surface area (Å²) < 4.78 is 28.2. The lowest BCUT2D eigenvalue weighted by Gasteiger charge is -2.17. The number of fused-ring (bicyclic) bond motifs is 1. The first-order valence-corrected chi connectivity index (χ1v) is 9.95. The van der Waals surface area contributed by atoms with Gasteiger partial charge in [0.25, 0.3) is 0 Å². The van der Waals surface area contributed by atoms with Gasteiger partial charge in [-0.25, -0.2) is 14.3 Å². The van der Waals surface area contributed by atoms with Crippen LogP contribution >= 0.6 is 7.82 Å². The molecule has 15 nitrogen and oxygen atoms in total. The van der Waals surface area contributed by atoms with Crippen LogP contribution in [0.2, 0.25) is 0 Å². The van der Waals surface area contributed by atoms with Crippen molar-refractivity contribution >= 4 is 24.8 Å². The Morgan fingerprint density at radius 2 is 2.10 bits per heavy atom. The molecule has 0 amide bonds. The molecular formula is C14H16N7O8P. The normalized spacial score (nSPS) is 26.0. The molecule has 4 rings (SSSR count). The molecule has 0 aromatic carbocycles. The van der Waals surface area contributed by atoms with Crippen LogP contribution in [0.4, 0.5) is 5.82 Å². The molecule has 0 aliphatic carbocycles. The van der Waals surface area contributed by atoms with Crippen molar-refractivity contribution in [1.82, 2.24) is 29.7 Å². The first-order valence-electron chi connectivity index (χ1n) is 8.45. The summed E-state index contributed by atoms with van der Waals surface area (Å²) in [6.07, 6.45) is -3.00. The van der Waals surface area contributed by atoms with E-state index in [2.05, 4.69) is 20.3 Å².